The molecular formula is C40H72N2O2. The molecular weight excluding hydrogens is 540 g/mol. The Morgan fingerprint density at radius 3 is 1.23 bits per heavy atom. The third kappa shape index (κ3) is 17.1. The fourth-order valence-corrected chi connectivity index (χ4v) is 6.27. The van der Waals surface area contributed by atoms with Crippen LogP contribution in [0.4, 0.5) is 0 Å². The highest BCUT2D eigenvalue weighted by atomic mass is 16.3. The Labute approximate surface area is 273 Å². The van der Waals surface area contributed by atoms with Crippen molar-refractivity contribution in [1.29, 1.82) is 0 Å². The van der Waals surface area contributed by atoms with E-state index in [0.29, 0.717) is 11.8 Å². The molecule has 0 unspecified atom stereocenters. The molecule has 0 spiro atoms. The molecule has 254 valence electrons. The first-order valence-corrected chi connectivity index (χ1v) is 17.7. The number of hydrogen-bond acceptors (Lipinski definition) is 4. The van der Waals surface area contributed by atoms with E-state index in [1.807, 2.05) is 13.8 Å². The first-order chi connectivity index (χ1) is 20.7. The van der Waals surface area contributed by atoms with E-state index in [1.54, 1.807) is 0 Å². The minimum absolute atomic E-state index is 0.280. The van der Waals surface area contributed by atoms with Gasteiger partial charge in [0.15, 0.2) is 0 Å². The van der Waals surface area contributed by atoms with Crippen LogP contribution in [-0.2, 0) is 25.7 Å². The predicted octanol–water partition coefficient (Wildman–Crippen LogP) is 8.91. The number of benzene rings is 2. The molecule has 6 N–H and O–H groups in total. The highest BCUT2D eigenvalue weighted by molar-refractivity contribution is 5.25. The molecule has 0 saturated carbocycles. The first-order valence-electron chi connectivity index (χ1n) is 17.7. The molecule has 0 atom stereocenters. The van der Waals surface area contributed by atoms with E-state index in [-0.39, 0.29) is 11.8 Å². The molecule has 0 radical (unpaired) electrons. The second-order valence-electron chi connectivity index (χ2n) is 14.1. The number of hydrogen-bond donors (Lipinski definition) is 4. The summed E-state index contributed by atoms with van der Waals surface area (Å²) in [5, 5.41) is 21.8. The summed E-state index contributed by atoms with van der Waals surface area (Å²) in [6.07, 6.45) is 9.49. The van der Waals surface area contributed by atoms with Crippen molar-refractivity contribution in [3.05, 3.63) is 70.8 Å². The lowest BCUT2D eigenvalue weighted by Crippen LogP contribution is -2.41. The molecule has 0 amide bonds. The summed E-state index contributed by atoms with van der Waals surface area (Å²) in [5.74, 6) is 1.62. The van der Waals surface area contributed by atoms with Crippen LogP contribution in [-0.4, -0.2) is 34.5 Å². The van der Waals surface area contributed by atoms with Crippen molar-refractivity contribution in [3.63, 3.8) is 0 Å². The Balaban J connectivity index is 0.000000799. The van der Waals surface area contributed by atoms with Crippen molar-refractivity contribution >= 4 is 0 Å². The van der Waals surface area contributed by atoms with Gasteiger partial charge in [-0.3, -0.25) is 0 Å². The maximum absolute atomic E-state index is 11.0. The Kier molecular flexibility index (Phi) is 21.8. The van der Waals surface area contributed by atoms with Gasteiger partial charge in [-0.15, -0.1) is 0 Å². The fourth-order valence-electron chi connectivity index (χ4n) is 6.27. The molecule has 2 rings (SSSR count). The molecule has 44 heavy (non-hydrogen) atoms. The quantitative estimate of drug-likeness (QED) is 0.135. The summed E-state index contributed by atoms with van der Waals surface area (Å²) >= 11 is 0. The number of aryl methyl sites for hydroxylation is 4. The van der Waals surface area contributed by atoms with E-state index in [2.05, 4.69) is 104 Å². The van der Waals surface area contributed by atoms with Crippen molar-refractivity contribution in [1.82, 2.24) is 0 Å². The molecule has 0 aromatic heterocycles. The second kappa shape index (κ2) is 22.7. The summed E-state index contributed by atoms with van der Waals surface area (Å²) in [6, 6.07) is 17.5. The van der Waals surface area contributed by atoms with Crippen LogP contribution in [0, 0.1) is 23.7 Å². The van der Waals surface area contributed by atoms with Gasteiger partial charge >= 0.3 is 0 Å². The number of aliphatic hydroxyl groups is 2. The average molecular weight is 613 g/mol. The van der Waals surface area contributed by atoms with Gasteiger partial charge < -0.3 is 21.7 Å². The SMILES string of the molecule is CC.CC(C)C(O)(CCc1cccc(CCCN)c1)C(C)C.CC(C)CC(O)(CCc1cccc(CCCN)c1)CC(C)C. The van der Waals surface area contributed by atoms with Gasteiger partial charge in [-0.05, 0) is 123 Å². The molecule has 0 aliphatic heterocycles. The van der Waals surface area contributed by atoms with E-state index in [4.69, 9.17) is 11.5 Å². The summed E-state index contributed by atoms with van der Waals surface area (Å²) in [7, 11) is 0. The van der Waals surface area contributed by atoms with Crippen LogP contribution < -0.4 is 11.5 Å². The van der Waals surface area contributed by atoms with Gasteiger partial charge in [0.2, 0.25) is 0 Å². The zero-order chi connectivity index (χ0) is 33.8. The minimum atomic E-state index is -0.576. The second-order valence-corrected chi connectivity index (χ2v) is 14.1. The van der Waals surface area contributed by atoms with Gasteiger partial charge in [0.1, 0.15) is 0 Å². The Hall–Kier alpha value is -1.72. The third-order valence-electron chi connectivity index (χ3n) is 8.59. The molecule has 2 aromatic carbocycles. The Bertz CT molecular complexity index is 965. The zero-order valence-electron chi connectivity index (χ0n) is 30.5. The lowest BCUT2D eigenvalue weighted by Gasteiger charge is -2.36. The largest absolute Gasteiger partial charge is 0.390 e. The van der Waals surface area contributed by atoms with Crippen LogP contribution in [0.15, 0.2) is 48.5 Å². The molecule has 0 bridgehead atoms. The maximum Gasteiger partial charge on any atom is 0.0696 e. The summed E-state index contributed by atoms with van der Waals surface area (Å²) in [6.45, 7) is 22.7. The van der Waals surface area contributed by atoms with Crippen molar-refractivity contribution in [2.24, 2.45) is 35.1 Å². The lowest BCUT2D eigenvalue weighted by atomic mass is 9.76. The minimum Gasteiger partial charge on any atom is -0.390 e. The van der Waals surface area contributed by atoms with Crippen LogP contribution >= 0.6 is 0 Å². The molecule has 0 aliphatic carbocycles. The van der Waals surface area contributed by atoms with Gasteiger partial charge in [0.25, 0.3) is 0 Å². The van der Waals surface area contributed by atoms with E-state index >= 15 is 0 Å². The highest BCUT2D eigenvalue weighted by Gasteiger charge is 2.34. The van der Waals surface area contributed by atoms with E-state index in [0.717, 1.165) is 77.3 Å². The average Bonchev–Trinajstić information content (AvgIpc) is 2.97. The van der Waals surface area contributed by atoms with Crippen LogP contribution in [0.25, 0.3) is 0 Å². The molecule has 4 nitrogen and oxygen atoms in total. The fraction of sp³-hybridized carbons (Fsp3) is 0.700. The van der Waals surface area contributed by atoms with Gasteiger partial charge in [-0.25, -0.2) is 0 Å². The van der Waals surface area contributed by atoms with Gasteiger partial charge in [-0.1, -0.05) is 118 Å². The third-order valence-corrected chi connectivity index (χ3v) is 8.59. The van der Waals surface area contributed by atoms with Gasteiger partial charge in [0.05, 0.1) is 11.2 Å². The Morgan fingerprint density at radius 2 is 0.909 bits per heavy atom. The lowest BCUT2D eigenvalue weighted by molar-refractivity contribution is -0.0534. The van der Waals surface area contributed by atoms with Crippen LogP contribution in [0.5, 0.6) is 0 Å². The monoisotopic (exact) mass is 613 g/mol. The number of rotatable bonds is 18. The van der Waals surface area contributed by atoms with Gasteiger partial charge in [-0.2, -0.15) is 0 Å². The van der Waals surface area contributed by atoms with Crippen molar-refractivity contribution < 1.29 is 10.2 Å². The van der Waals surface area contributed by atoms with Gasteiger partial charge in [0, 0.05) is 0 Å². The summed E-state index contributed by atoms with van der Waals surface area (Å²) in [5.41, 5.74) is 15.4. The smallest absolute Gasteiger partial charge is 0.0696 e. The number of nitrogens with two attached hydrogens (primary N) is 2. The van der Waals surface area contributed by atoms with Crippen LogP contribution in [0.3, 0.4) is 0 Å². The first kappa shape index (κ1) is 42.3. The molecule has 0 aliphatic rings. The molecule has 0 heterocycles. The highest BCUT2D eigenvalue weighted by Crippen LogP contribution is 2.31. The predicted molar refractivity (Wildman–Crippen MR) is 194 cm³/mol. The molecule has 0 fully saturated rings. The van der Waals surface area contributed by atoms with E-state index in [1.165, 1.54) is 22.3 Å². The van der Waals surface area contributed by atoms with Crippen LogP contribution in [0.2, 0.25) is 0 Å². The van der Waals surface area contributed by atoms with Crippen molar-refractivity contribution in [2.45, 2.75) is 145 Å². The topological polar surface area (TPSA) is 92.5 Å². The van der Waals surface area contributed by atoms with E-state index < -0.39 is 11.2 Å². The molecule has 2 aromatic rings. The van der Waals surface area contributed by atoms with Crippen LogP contribution in [0.1, 0.15) is 130 Å². The normalized spacial score (nSPS) is 12.0. The maximum atomic E-state index is 11.0. The zero-order valence-corrected chi connectivity index (χ0v) is 30.5. The molecule has 4 heteroatoms. The summed E-state index contributed by atoms with van der Waals surface area (Å²) < 4.78 is 0. The Morgan fingerprint density at radius 1 is 0.568 bits per heavy atom. The van der Waals surface area contributed by atoms with Crippen molar-refractivity contribution in [3.8, 4) is 0 Å². The summed E-state index contributed by atoms with van der Waals surface area (Å²) in [4.78, 5) is 0. The van der Waals surface area contributed by atoms with E-state index in [9.17, 15) is 10.2 Å². The standard InChI is InChI=1S/C20H35NO.C18H31NO.C2H6/c1-16(2)14-20(22,15-17(3)4)11-10-19-8-5-7-18(13-19)9-6-12-21;1-14(2)18(20,15(3)4)11-10-17-8-5-7-16(13-17)9-6-12-19;1-2/h5,7-8,13,16-17,22H,6,9-12,14-15,21H2,1-4H3;5,7-8,13-15,20H,6,9-12,19H2,1-4H3;1-2H3. The van der Waals surface area contributed by atoms with Crippen molar-refractivity contribution in [2.75, 3.05) is 13.1 Å². The molecule has 0 saturated heterocycles.